The maximum atomic E-state index is 13.3. The summed E-state index contributed by atoms with van der Waals surface area (Å²) >= 11 is 6.45. The molecule has 190 valence electrons. The highest BCUT2D eigenvalue weighted by Crippen LogP contribution is 2.36. The Morgan fingerprint density at radius 1 is 1.05 bits per heavy atom. The summed E-state index contributed by atoms with van der Waals surface area (Å²) in [6, 6.07) is 22.7. The lowest BCUT2D eigenvalue weighted by Gasteiger charge is -2.36. The standard InChI is InChI=1S/C30H31ClN4O2/c1-18(2)28(24-5-3-4-6-26(24)31)32-30(36)20-9-14-27-25(15-20)29(34-33-27)19-7-10-21(11-8-19)35-22-12-13-23(35)17-37-16-22/h3-11,14-15,18,22-23,28H,12-13,16-17H2,1-2H3,(H,32,36)(H,33,34)/t22?,23?,28-/m0/s1. The van der Waals surface area contributed by atoms with Crippen molar-refractivity contribution in [2.45, 2.75) is 44.8 Å². The lowest BCUT2D eigenvalue weighted by atomic mass is 9.95. The van der Waals surface area contributed by atoms with Crippen LogP contribution in [-0.2, 0) is 4.74 Å². The van der Waals surface area contributed by atoms with E-state index in [0.717, 1.165) is 40.9 Å². The molecule has 2 fully saturated rings. The number of carbonyl (C=O) groups is 1. The Morgan fingerprint density at radius 3 is 2.49 bits per heavy atom. The van der Waals surface area contributed by atoms with Gasteiger partial charge in [0.05, 0.1) is 42.5 Å². The molecule has 7 heteroatoms. The van der Waals surface area contributed by atoms with Gasteiger partial charge in [-0.05, 0) is 60.7 Å². The van der Waals surface area contributed by atoms with Crippen molar-refractivity contribution in [1.29, 1.82) is 0 Å². The van der Waals surface area contributed by atoms with Crippen LogP contribution in [0.1, 0.15) is 48.7 Å². The molecule has 4 aromatic rings. The summed E-state index contributed by atoms with van der Waals surface area (Å²) in [4.78, 5) is 15.9. The highest BCUT2D eigenvalue weighted by Gasteiger charge is 2.37. The molecular weight excluding hydrogens is 484 g/mol. The van der Waals surface area contributed by atoms with Crippen molar-refractivity contribution in [3.05, 3.63) is 82.9 Å². The number of H-pyrrole nitrogens is 1. The number of aromatic amines is 1. The van der Waals surface area contributed by atoms with Crippen LogP contribution in [0.25, 0.3) is 22.2 Å². The van der Waals surface area contributed by atoms with Crippen molar-refractivity contribution in [2.75, 3.05) is 18.1 Å². The second kappa shape index (κ2) is 9.84. The molecule has 3 aromatic carbocycles. The number of halogens is 1. The highest BCUT2D eigenvalue weighted by molar-refractivity contribution is 6.31. The van der Waals surface area contributed by atoms with E-state index in [4.69, 9.17) is 16.3 Å². The van der Waals surface area contributed by atoms with Crippen LogP contribution in [-0.4, -0.2) is 41.4 Å². The Morgan fingerprint density at radius 2 is 1.78 bits per heavy atom. The predicted molar refractivity (Wildman–Crippen MR) is 148 cm³/mol. The first-order valence-electron chi connectivity index (χ1n) is 13.0. The maximum absolute atomic E-state index is 13.3. The van der Waals surface area contributed by atoms with E-state index in [1.165, 1.54) is 18.5 Å². The molecule has 0 radical (unpaired) electrons. The van der Waals surface area contributed by atoms with E-state index in [-0.39, 0.29) is 17.9 Å². The second-order valence-corrected chi connectivity index (χ2v) is 10.8. The largest absolute Gasteiger partial charge is 0.377 e. The van der Waals surface area contributed by atoms with Gasteiger partial charge >= 0.3 is 0 Å². The average Bonchev–Trinajstić information content (AvgIpc) is 3.44. The first-order valence-corrected chi connectivity index (χ1v) is 13.4. The molecule has 0 saturated carbocycles. The van der Waals surface area contributed by atoms with Crippen molar-refractivity contribution in [2.24, 2.45) is 5.92 Å². The van der Waals surface area contributed by atoms with Gasteiger partial charge in [0.1, 0.15) is 0 Å². The molecule has 3 atom stereocenters. The summed E-state index contributed by atoms with van der Waals surface area (Å²) in [6.07, 6.45) is 2.38. The quantitative estimate of drug-likeness (QED) is 0.313. The molecule has 6 nitrogen and oxygen atoms in total. The highest BCUT2D eigenvalue weighted by atomic mass is 35.5. The van der Waals surface area contributed by atoms with E-state index in [9.17, 15) is 4.79 Å². The predicted octanol–water partition coefficient (Wildman–Crippen LogP) is 6.38. The number of anilines is 1. The van der Waals surface area contributed by atoms with Gasteiger partial charge in [-0.3, -0.25) is 9.89 Å². The van der Waals surface area contributed by atoms with E-state index < -0.39 is 0 Å². The van der Waals surface area contributed by atoms with Crippen LogP contribution in [0.4, 0.5) is 5.69 Å². The molecule has 2 bridgehead atoms. The van der Waals surface area contributed by atoms with Crippen molar-refractivity contribution >= 4 is 34.1 Å². The lowest BCUT2D eigenvalue weighted by molar-refractivity contribution is 0.0906. The fourth-order valence-corrected chi connectivity index (χ4v) is 6.03. The summed E-state index contributed by atoms with van der Waals surface area (Å²) in [5, 5.41) is 12.5. The molecule has 6 rings (SSSR count). The van der Waals surface area contributed by atoms with E-state index in [1.807, 2.05) is 42.5 Å². The molecule has 2 N–H and O–H groups in total. The number of morpholine rings is 1. The summed E-state index contributed by atoms with van der Waals surface area (Å²) in [7, 11) is 0. The molecule has 3 heterocycles. The van der Waals surface area contributed by atoms with E-state index in [2.05, 4.69) is 58.5 Å². The summed E-state index contributed by atoms with van der Waals surface area (Å²) < 4.78 is 5.74. The smallest absolute Gasteiger partial charge is 0.251 e. The first kappa shape index (κ1) is 24.0. The van der Waals surface area contributed by atoms with Gasteiger partial charge in [0.15, 0.2) is 0 Å². The van der Waals surface area contributed by atoms with Gasteiger partial charge in [-0.15, -0.1) is 0 Å². The van der Waals surface area contributed by atoms with Crippen LogP contribution in [0.2, 0.25) is 5.02 Å². The van der Waals surface area contributed by atoms with Crippen LogP contribution in [0, 0.1) is 5.92 Å². The number of aromatic nitrogens is 2. The number of benzene rings is 3. The van der Waals surface area contributed by atoms with Crippen molar-refractivity contribution in [3.8, 4) is 11.3 Å². The van der Waals surface area contributed by atoms with E-state index in [0.29, 0.717) is 22.7 Å². The first-order chi connectivity index (χ1) is 18.0. The topological polar surface area (TPSA) is 70.2 Å². The zero-order chi connectivity index (χ0) is 25.5. The second-order valence-electron chi connectivity index (χ2n) is 10.4. The minimum Gasteiger partial charge on any atom is -0.377 e. The van der Waals surface area contributed by atoms with Crippen molar-refractivity contribution < 1.29 is 9.53 Å². The van der Waals surface area contributed by atoms with Gasteiger partial charge in [0.2, 0.25) is 0 Å². The number of rotatable bonds is 6. The molecule has 2 aliphatic rings. The zero-order valence-corrected chi connectivity index (χ0v) is 21.8. The van der Waals surface area contributed by atoms with Crippen molar-refractivity contribution in [1.82, 2.24) is 15.5 Å². The van der Waals surface area contributed by atoms with Gasteiger partial charge in [0.25, 0.3) is 5.91 Å². The van der Waals surface area contributed by atoms with E-state index in [1.54, 1.807) is 0 Å². The number of hydrogen-bond donors (Lipinski definition) is 2. The Labute approximate surface area is 222 Å². The van der Waals surface area contributed by atoms with Crippen LogP contribution in [0.5, 0.6) is 0 Å². The Bertz CT molecular complexity index is 1420. The molecule has 0 aliphatic carbocycles. The lowest BCUT2D eigenvalue weighted by Crippen LogP contribution is -2.45. The zero-order valence-electron chi connectivity index (χ0n) is 21.1. The van der Waals surface area contributed by atoms with Crippen LogP contribution in [0.3, 0.4) is 0 Å². The van der Waals surface area contributed by atoms with Crippen LogP contribution in [0.15, 0.2) is 66.7 Å². The molecule has 1 aromatic heterocycles. The molecule has 37 heavy (non-hydrogen) atoms. The summed E-state index contributed by atoms with van der Waals surface area (Å²) in [6.45, 7) is 5.78. The van der Waals surface area contributed by atoms with Crippen molar-refractivity contribution in [3.63, 3.8) is 0 Å². The molecule has 2 saturated heterocycles. The van der Waals surface area contributed by atoms with E-state index >= 15 is 0 Å². The molecule has 2 aliphatic heterocycles. The molecular formula is C30H31ClN4O2. The number of nitrogens with zero attached hydrogens (tertiary/aromatic N) is 2. The number of nitrogens with one attached hydrogen (secondary N) is 2. The van der Waals surface area contributed by atoms with Crippen LogP contribution < -0.4 is 10.2 Å². The Hall–Kier alpha value is -3.35. The van der Waals surface area contributed by atoms with Gasteiger partial charge in [-0.1, -0.05) is 55.8 Å². The fraction of sp³-hybridized carbons (Fsp3) is 0.333. The number of amides is 1. The SMILES string of the molecule is CC(C)[C@H](NC(=O)c1ccc2[nH]nc(-c3ccc(N4C5CCC4COC5)cc3)c2c1)c1ccccc1Cl. The number of fused-ring (bicyclic) bond motifs is 3. The molecule has 2 unspecified atom stereocenters. The van der Waals surface area contributed by atoms with Gasteiger partial charge in [-0.2, -0.15) is 5.10 Å². The minimum atomic E-state index is -0.191. The third-order valence-corrected chi connectivity index (χ3v) is 8.04. The monoisotopic (exact) mass is 514 g/mol. The fourth-order valence-electron chi connectivity index (χ4n) is 5.77. The summed E-state index contributed by atoms with van der Waals surface area (Å²) in [5.41, 5.74) is 5.50. The summed E-state index contributed by atoms with van der Waals surface area (Å²) in [5.74, 6) is 0.0445. The van der Waals surface area contributed by atoms with Gasteiger partial charge in [0, 0.05) is 27.2 Å². The molecule has 0 spiro atoms. The third kappa shape index (κ3) is 4.49. The third-order valence-electron chi connectivity index (χ3n) is 7.70. The van der Waals surface area contributed by atoms with Crippen LogP contribution >= 0.6 is 11.6 Å². The van der Waals surface area contributed by atoms with Gasteiger partial charge in [-0.25, -0.2) is 0 Å². The Kier molecular flexibility index (Phi) is 6.39. The normalized spacial score (nSPS) is 19.9. The average molecular weight is 515 g/mol. The number of ether oxygens (including phenoxy) is 1. The number of hydrogen-bond acceptors (Lipinski definition) is 4. The van der Waals surface area contributed by atoms with Gasteiger partial charge < -0.3 is 15.0 Å². The minimum absolute atomic E-state index is 0.134. The maximum Gasteiger partial charge on any atom is 0.251 e. The Balaban J connectivity index is 1.26. The number of carbonyl (C=O) groups excluding carboxylic acids is 1. The molecule has 1 amide bonds.